The number of hydrogen-bond donors (Lipinski definition) is 2. The first-order valence-electron chi connectivity index (χ1n) is 9.02. The van der Waals surface area contributed by atoms with E-state index in [4.69, 9.17) is 7.48 Å². The quantitative estimate of drug-likeness (QED) is 0.291. The molecule has 0 spiro atoms. The van der Waals surface area contributed by atoms with Crippen LogP contribution in [0.5, 0.6) is 5.75 Å². The van der Waals surface area contributed by atoms with E-state index in [9.17, 15) is 9.90 Å². The van der Waals surface area contributed by atoms with E-state index in [2.05, 4.69) is 20.3 Å². The molecule has 156 valence electrons. The van der Waals surface area contributed by atoms with Crippen LogP contribution in [0.1, 0.15) is 21.7 Å². The van der Waals surface area contributed by atoms with Gasteiger partial charge in [-0.25, -0.2) is 0 Å². The number of pyridine rings is 1. The van der Waals surface area contributed by atoms with Gasteiger partial charge in [0, 0.05) is 0 Å². The Kier molecular flexibility index (Phi) is 5.16. The molecule has 1 aliphatic rings. The van der Waals surface area contributed by atoms with Crippen LogP contribution in [0, 0.1) is 0 Å². The van der Waals surface area contributed by atoms with Crippen molar-refractivity contribution in [1.82, 2.24) is 9.97 Å². The van der Waals surface area contributed by atoms with Crippen molar-refractivity contribution in [2.75, 3.05) is 10.2 Å². The molecule has 5 rings (SSSR count). The first-order valence-corrected chi connectivity index (χ1v) is 12.9. The summed E-state index contributed by atoms with van der Waals surface area (Å²) in [7, 11) is 0. The number of benzene rings is 1. The molecule has 0 unspecified atom stereocenters. The van der Waals surface area contributed by atoms with Crippen LogP contribution >= 0.6 is 11.3 Å². The molecule has 0 saturated heterocycles. The predicted molar refractivity (Wildman–Crippen MR) is 115 cm³/mol. The van der Waals surface area contributed by atoms with Gasteiger partial charge in [0.2, 0.25) is 0 Å². The summed E-state index contributed by atoms with van der Waals surface area (Å²) in [5.41, 5.74) is 4.83. The molecule has 2 N–H and O–H groups in total. The molecule has 0 bridgehead atoms. The zero-order chi connectivity index (χ0) is 21.4. The van der Waals surface area contributed by atoms with Gasteiger partial charge < -0.3 is 0 Å². The fraction of sp³-hybridized carbons (Fsp3) is 0.0476. The zero-order valence-corrected chi connectivity index (χ0v) is 19.0. The van der Waals surface area contributed by atoms with Crippen LogP contribution in [0.3, 0.4) is 0 Å². The van der Waals surface area contributed by atoms with E-state index >= 15 is 0 Å². The molecule has 1 aromatic carbocycles. The van der Waals surface area contributed by atoms with Crippen LogP contribution < -0.4 is 26.9 Å². The maximum atomic E-state index is 12.6. The summed E-state index contributed by atoms with van der Waals surface area (Å²) in [5, 5.41) is 13.9. The van der Waals surface area contributed by atoms with Crippen molar-refractivity contribution in [3.8, 4) is 5.75 Å². The number of carbonyl (C=O) groups is 1. The third-order valence-electron chi connectivity index (χ3n) is 4.56. The van der Waals surface area contributed by atoms with E-state index in [1.807, 2.05) is 24.3 Å². The Balaban J connectivity index is 1.56. The Morgan fingerprint density at radius 3 is 3.10 bits per heavy atom. The number of thiazole rings is 1. The summed E-state index contributed by atoms with van der Waals surface area (Å²) in [4.78, 5) is 27.1. The van der Waals surface area contributed by atoms with Gasteiger partial charge in [-0.3, -0.25) is 0 Å². The third-order valence-corrected chi connectivity index (χ3v) is 6.19. The third kappa shape index (κ3) is 3.68. The number of alkyl halides is 1. The number of aliphatic imine (C=N–C) groups is 1. The van der Waals surface area contributed by atoms with Gasteiger partial charge in [0.25, 0.3) is 0 Å². The normalized spacial score (nSPS) is 13.8. The summed E-state index contributed by atoms with van der Waals surface area (Å²) < 4.78 is 12.1. The van der Waals surface area contributed by atoms with Gasteiger partial charge in [0.05, 0.1) is 0 Å². The molecule has 4 heterocycles. The first kappa shape index (κ1) is 19.7. The number of allylic oxidation sites excluding steroid dienone is 1. The molecule has 0 fully saturated rings. The van der Waals surface area contributed by atoms with Crippen molar-refractivity contribution in [2.45, 2.75) is 0 Å². The number of rotatable bonds is 5. The van der Waals surface area contributed by atoms with E-state index < -0.39 is 27.6 Å². The zero-order valence-electron chi connectivity index (χ0n) is 16.0. The minimum atomic E-state index is -0.783. The van der Waals surface area contributed by atoms with E-state index in [-0.39, 0.29) is 23.0 Å². The van der Waals surface area contributed by atoms with Crippen LogP contribution in [0.15, 0.2) is 51.4 Å². The molecule has 8 nitrogen and oxygen atoms in total. The number of halogens is 1. The van der Waals surface area contributed by atoms with Gasteiger partial charge in [0.15, 0.2) is 0 Å². The Bertz CT molecular complexity index is 1370. The molecular weight excluding hydrogens is 531 g/mol. The monoisotopic (exact) mass is 545 g/mol. The molecule has 4 aromatic rings. The van der Waals surface area contributed by atoms with Gasteiger partial charge in [-0.05, 0) is 0 Å². The van der Waals surface area contributed by atoms with Crippen LogP contribution in [0.2, 0.25) is 0 Å². The van der Waals surface area contributed by atoms with Gasteiger partial charge in [-0.2, -0.15) is 0 Å². The summed E-state index contributed by atoms with van der Waals surface area (Å²) >= 11 is 0.722. The fourth-order valence-electron chi connectivity index (χ4n) is 3.17. The van der Waals surface area contributed by atoms with Crippen molar-refractivity contribution >= 4 is 62.8 Å². The molecule has 31 heavy (non-hydrogen) atoms. The molecule has 0 atom stereocenters. The number of furan rings is 1. The van der Waals surface area contributed by atoms with E-state index in [0.717, 1.165) is 15.8 Å². The predicted octanol–water partition coefficient (Wildman–Crippen LogP) is 1.78. The van der Waals surface area contributed by atoms with Crippen molar-refractivity contribution in [3.05, 3.63) is 58.9 Å². The second-order valence-corrected chi connectivity index (χ2v) is 8.64. The summed E-state index contributed by atoms with van der Waals surface area (Å²) in [5.74, 6) is -0.101. The van der Waals surface area contributed by atoms with Crippen molar-refractivity contribution < 1.29 is 39.0 Å². The van der Waals surface area contributed by atoms with Gasteiger partial charge >= 0.3 is 192 Å². The average molecular weight is 545 g/mol. The average Bonchev–Trinajstić information content (AvgIpc) is 3.47. The topological polar surface area (TPSA) is 110 Å². The van der Waals surface area contributed by atoms with Crippen LogP contribution in [0.4, 0.5) is 17.4 Å². The molecule has 1 aliphatic heterocycles. The van der Waals surface area contributed by atoms with Crippen molar-refractivity contribution in [1.29, 1.82) is 0 Å². The molecule has 0 aliphatic carbocycles. The van der Waals surface area contributed by atoms with Crippen LogP contribution in [0.25, 0.3) is 21.9 Å². The molecule has 3 aromatic heterocycles. The number of nitrogens with one attached hydrogen (secondary N) is 1. The van der Waals surface area contributed by atoms with Crippen LogP contribution in [-0.2, 0) is 3.07 Å². The molecule has 0 radical (unpaired) electrons. The number of aromatic nitrogens is 2. The SMILES string of the molecule is C[I-]OC(=O)c1c(Nc2ccc3ncsc3c2)oc(C=C2C=Nc3ncccc32)c1O. The standard InChI is InChI=1S/C21H14IN4O4S/c1-22-30-21(28)17-18(27)15(7-11-9-24-19-13(11)3-2-6-23-19)29-20(17)26-12-4-5-14-16(8-12)31-10-25-14/h2-10,26-27H,1H3/q-1. The Labute approximate surface area is 191 Å². The number of fused-ring (bicyclic) bond motifs is 2. The maximum absolute atomic E-state index is 12.6. The van der Waals surface area contributed by atoms with E-state index in [0.29, 0.717) is 17.1 Å². The van der Waals surface area contributed by atoms with Gasteiger partial charge in [0.1, 0.15) is 0 Å². The number of anilines is 2. The Morgan fingerprint density at radius 2 is 2.23 bits per heavy atom. The number of carbonyl (C=O) groups excluding carboxylic acids is 1. The summed E-state index contributed by atoms with van der Waals surface area (Å²) in [6.07, 6.45) is 4.93. The minimum absolute atomic E-state index is 0.0425. The first-order chi connectivity index (χ1) is 15.1. The van der Waals surface area contributed by atoms with E-state index in [1.165, 1.54) is 11.3 Å². The second-order valence-electron chi connectivity index (χ2n) is 6.43. The Hall–Kier alpha value is -3.25. The van der Waals surface area contributed by atoms with Gasteiger partial charge in [-0.15, -0.1) is 0 Å². The molecular formula is C21H14IN4O4S-. The number of aromatic hydroxyl groups is 1. The van der Waals surface area contributed by atoms with Crippen molar-refractivity contribution in [3.63, 3.8) is 0 Å². The second kappa shape index (κ2) is 8.12. The van der Waals surface area contributed by atoms with Crippen molar-refractivity contribution in [2.24, 2.45) is 4.99 Å². The van der Waals surface area contributed by atoms with Crippen LogP contribution in [-0.4, -0.2) is 32.2 Å². The summed E-state index contributed by atoms with van der Waals surface area (Å²) in [6.45, 7) is 0. The molecule has 0 amide bonds. The fourth-order valence-corrected chi connectivity index (χ4v) is 4.51. The van der Waals surface area contributed by atoms with Gasteiger partial charge in [-0.1, -0.05) is 0 Å². The molecule has 0 saturated carbocycles. The van der Waals surface area contributed by atoms with E-state index in [1.54, 1.807) is 35.0 Å². The number of hydrogen-bond acceptors (Lipinski definition) is 9. The number of nitrogens with zero attached hydrogens (tertiary/aromatic N) is 3. The summed E-state index contributed by atoms with van der Waals surface area (Å²) in [6, 6.07) is 9.28. The Morgan fingerprint density at radius 1 is 1.32 bits per heavy atom. The molecule has 10 heteroatoms.